The highest BCUT2D eigenvalue weighted by molar-refractivity contribution is 5.82. The van der Waals surface area contributed by atoms with Crippen LogP contribution >= 0.6 is 0 Å². The third kappa shape index (κ3) is 5.58. The zero-order valence-corrected chi connectivity index (χ0v) is 11.6. The van der Waals surface area contributed by atoms with Crippen molar-refractivity contribution in [2.45, 2.75) is 40.0 Å². The number of allylic oxidation sites excluding steroid dienone is 2. The number of aliphatic imine (C=N–C) groups is 1. The van der Waals surface area contributed by atoms with Crippen LogP contribution in [0, 0.1) is 0 Å². The first-order valence-corrected chi connectivity index (χ1v) is 6.34. The summed E-state index contributed by atoms with van der Waals surface area (Å²) in [5, 5.41) is 0. The molecule has 0 amide bonds. The van der Waals surface area contributed by atoms with Crippen molar-refractivity contribution in [3.63, 3.8) is 0 Å². The average molecular weight is 242 g/mol. The van der Waals surface area contributed by atoms with Gasteiger partial charge in [-0.2, -0.15) is 0 Å². The molecule has 0 bridgehead atoms. The monoisotopic (exact) mass is 242 g/mol. The third-order valence-corrected chi connectivity index (χ3v) is 2.91. The SMILES string of the molecule is C=C(C)/C(C)=C\N=C(/C)CCCc1ccncc1. The second-order valence-electron chi connectivity index (χ2n) is 4.67. The van der Waals surface area contributed by atoms with Crippen molar-refractivity contribution in [2.24, 2.45) is 4.99 Å². The molecule has 96 valence electrons. The predicted octanol–water partition coefficient (Wildman–Crippen LogP) is 4.35. The molecule has 1 rings (SSSR count). The van der Waals surface area contributed by atoms with E-state index in [-0.39, 0.29) is 0 Å². The minimum Gasteiger partial charge on any atom is -0.266 e. The summed E-state index contributed by atoms with van der Waals surface area (Å²) in [6, 6.07) is 4.13. The highest BCUT2D eigenvalue weighted by Gasteiger charge is 1.95. The van der Waals surface area contributed by atoms with Crippen LogP contribution < -0.4 is 0 Å². The van der Waals surface area contributed by atoms with Crippen LogP contribution in [0.25, 0.3) is 0 Å². The van der Waals surface area contributed by atoms with Crippen molar-refractivity contribution < 1.29 is 0 Å². The normalized spacial score (nSPS) is 12.6. The lowest BCUT2D eigenvalue weighted by atomic mass is 10.1. The fraction of sp³-hybridized carbons (Fsp3) is 0.375. The first-order chi connectivity index (χ1) is 8.59. The van der Waals surface area contributed by atoms with Gasteiger partial charge in [0.1, 0.15) is 0 Å². The van der Waals surface area contributed by atoms with Gasteiger partial charge in [0, 0.05) is 24.3 Å². The van der Waals surface area contributed by atoms with E-state index in [0.29, 0.717) is 0 Å². The smallest absolute Gasteiger partial charge is 0.0298 e. The molecular weight excluding hydrogens is 220 g/mol. The Morgan fingerprint density at radius 3 is 2.56 bits per heavy atom. The van der Waals surface area contributed by atoms with E-state index in [4.69, 9.17) is 0 Å². The van der Waals surface area contributed by atoms with Crippen molar-refractivity contribution in [2.75, 3.05) is 0 Å². The zero-order chi connectivity index (χ0) is 13.4. The molecule has 1 aromatic heterocycles. The maximum absolute atomic E-state index is 4.46. The van der Waals surface area contributed by atoms with Gasteiger partial charge < -0.3 is 0 Å². The molecule has 0 N–H and O–H groups in total. The van der Waals surface area contributed by atoms with Crippen LogP contribution in [0.4, 0.5) is 0 Å². The van der Waals surface area contributed by atoms with E-state index < -0.39 is 0 Å². The molecular formula is C16H22N2. The predicted molar refractivity (Wildman–Crippen MR) is 78.9 cm³/mol. The molecule has 1 aromatic rings. The molecule has 2 nitrogen and oxygen atoms in total. The molecule has 0 radical (unpaired) electrons. The van der Waals surface area contributed by atoms with Crippen LogP contribution in [-0.4, -0.2) is 10.7 Å². The first-order valence-electron chi connectivity index (χ1n) is 6.34. The summed E-state index contributed by atoms with van der Waals surface area (Å²) in [4.78, 5) is 8.47. The molecule has 0 spiro atoms. The van der Waals surface area contributed by atoms with Crippen LogP contribution in [0.2, 0.25) is 0 Å². The Morgan fingerprint density at radius 2 is 1.94 bits per heavy atom. The van der Waals surface area contributed by atoms with Crippen LogP contribution in [0.5, 0.6) is 0 Å². The molecule has 0 aliphatic heterocycles. The maximum atomic E-state index is 4.46. The van der Waals surface area contributed by atoms with E-state index in [2.05, 4.69) is 35.6 Å². The van der Waals surface area contributed by atoms with Crippen molar-refractivity contribution in [3.8, 4) is 0 Å². The number of nitrogens with zero attached hydrogens (tertiary/aromatic N) is 2. The zero-order valence-electron chi connectivity index (χ0n) is 11.6. The van der Waals surface area contributed by atoms with E-state index in [0.717, 1.165) is 30.4 Å². The summed E-state index contributed by atoms with van der Waals surface area (Å²) in [7, 11) is 0. The topological polar surface area (TPSA) is 25.2 Å². The van der Waals surface area contributed by atoms with Crippen molar-refractivity contribution in [1.82, 2.24) is 4.98 Å². The van der Waals surface area contributed by atoms with Crippen LogP contribution in [-0.2, 0) is 6.42 Å². The Bertz CT molecular complexity index is 441. The lowest BCUT2D eigenvalue weighted by Crippen LogP contribution is -1.93. The van der Waals surface area contributed by atoms with Gasteiger partial charge in [-0.25, -0.2) is 0 Å². The Hall–Kier alpha value is -1.70. The number of aromatic nitrogens is 1. The van der Waals surface area contributed by atoms with Crippen LogP contribution in [0.1, 0.15) is 39.2 Å². The molecule has 2 heteroatoms. The molecule has 0 atom stereocenters. The highest BCUT2D eigenvalue weighted by atomic mass is 14.7. The molecule has 0 aliphatic carbocycles. The summed E-state index contributed by atoms with van der Waals surface area (Å²) in [5.41, 5.74) is 4.72. The molecule has 0 unspecified atom stereocenters. The lowest BCUT2D eigenvalue weighted by Gasteiger charge is -2.01. The average Bonchev–Trinajstić information content (AvgIpc) is 2.37. The molecule has 0 aliphatic rings. The lowest BCUT2D eigenvalue weighted by molar-refractivity contribution is 0.860. The summed E-state index contributed by atoms with van der Waals surface area (Å²) in [6.45, 7) is 10.0. The number of hydrogen-bond donors (Lipinski definition) is 0. The van der Waals surface area contributed by atoms with Gasteiger partial charge in [0.2, 0.25) is 0 Å². The van der Waals surface area contributed by atoms with Gasteiger partial charge in [0.25, 0.3) is 0 Å². The van der Waals surface area contributed by atoms with Gasteiger partial charge in [-0.1, -0.05) is 12.2 Å². The fourth-order valence-electron chi connectivity index (χ4n) is 1.48. The Kier molecular flexibility index (Phi) is 6.06. The summed E-state index contributed by atoms with van der Waals surface area (Å²) in [5.74, 6) is 0. The van der Waals surface area contributed by atoms with Gasteiger partial charge in [0.05, 0.1) is 0 Å². The van der Waals surface area contributed by atoms with Gasteiger partial charge in [-0.05, 0) is 63.3 Å². The molecule has 0 saturated carbocycles. The third-order valence-electron chi connectivity index (χ3n) is 2.91. The molecule has 0 fully saturated rings. The Balaban J connectivity index is 2.38. The van der Waals surface area contributed by atoms with E-state index in [9.17, 15) is 0 Å². The number of rotatable bonds is 6. The minimum absolute atomic E-state index is 1.03. The van der Waals surface area contributed by atoms with Gasteiger partial charge in [-0.3, -0.25) is 9.98 Å². The van der Waals surface area contributed by atoms with Gasteiger partial charge >= 0.3 is 0 Å². The highest BCUT2D eigenvalue weighted by Crippen LogP contribution is 2.07. The molecule has 0 aromatic carbocycles. The Morgan fingerprint density at radius 1 is 1.28 bits per heavy atom. The summed E-state index contributed by atoms with van der Waals surface area (Å²) >= 11 is 0. The number of aryl methyl sites for hydroxylation is 1. The van der Waals surface area contributed by atoms with E-state index in [1.165, 1.54) is 11.3 Å². The number of hydrogen-bond acceptors (Lipinski definition) is 2. The summed E-state index contributed by atoms with van der Waals surface area (Å²) < 4.78 is 0. The minimum atomic E-state index is 1.03. The molecule has 1 heterocycles. The quantitative estimate of drug-likeness (QED) is 0.538. The van der Waals surface area contributed by atoms with Crippen molar-refractivity contribution in [3.05, 3.63) is 54.0 Å². The number of pyridine rings is 1. The molecule has 18 heavy (non-hydrogen) atoms. The van der Waals surface area contributed by atoms with Crippen LogP contribution in [0.3, 0.4) is 0 Å². The van der Waals surface area contributed by atoms with Gasteiger partial charge in [-0.15, -0.1) is 0 Å². The maximum Gasteiger partial charge on any atom is 0.0298 e. The molecule has 0 saturated heterocycles. The van der Waals surface area contributed by atoms with E-state index >= 15 is 0 Å². The largest absolute Gasteiger partial charge is 0.266 e. The Labute approximate surface area is 110 Å². The van der Waals surface area contributed by atoms with Crippen molar-refractivity contribution >= 4 is 5.71 Å². The van der Waals surface area contributed by atoms with Gasteiger partial charge in [0.15, 0.2) is 0 Å². The summed E-state index contributed by atoms with van der Waals surface area (Å²) in [6.07, 6.45) is 8.83. The van der Waals surface area contributed by atoms with E-state index in [1.807, 2.05) is 32.4 Å². The second kappa shape index (κ2) is 7.59. The first kappa shape index (κ1) is 14.4. The standard InChI is InChI=1S/C16H22N2/c1-13(2)14(3)12-18-15(4)6-5-7-16-8-10-17-11-9-16/h8-12H,1,5-7H2,2-4H3/b14-12-,18-15+. The van der Waals surface area contributed by atoms with Crippen LogP contribution in [0.15, 0.2) is 53.4 Å². The fourth-order valence-corrected chi connectivity index (χ4v) is 1.48. The second-order valence-corrected chi connectivity index (χ2v) is 4.67. The van der Waals surface area contributed by atoms with E-state index in [1.54, 1.807) is 0 Å². The van der Waals surface area contributed by atoms with Crippen molar-refractivity contribution in [1.29, 1.82) is 0 Å².